The third-order valence-corrected chi connectivity index (χ3v) is 2.32. The van der Waals surface area contributed by atoms with E-state index in [4.69, 9.17) is 15.9 Å². The number of nitrogens with one attached hydrogen (secondary N) is 1. The maximum Gasteiger partial charge on any atom is 0.326 e. The van der Waals surface area contributed by atoms with Gasteiger partial charge in [0.25, 0.3) is 0 Å². The highest BCUT2D eigenvalue weighted by Crippen LogP contribution is 2.04. The zero-order valence-corrected chi connectivity index (χ0v) is 10.5. The van der Waals surface area contributed by atoms with Gasteiger partial charge >= 0.3 is 11.9 Å². The molecule has 0 fully saturated rings. The van der Waals surface area contributed by atoms with Gasteiger partial charge in [0.1, 0.15) is 6.04 Å². The van der Waals surface area contributed by atoms with Gasteiger partial charge in [0.2, 0.25) is 5.91 Å². The van der Waals surface area contributed by atoms with E-state index in [1.807, 2.05) is 13.8 Å². The van der Waals surface area contributed by atoms with Crippen molar-refractivity contribution in [2.45, 2.75) is 45.2 Å². The quantitative estimate of drug-likeness (QED) is 0.478. The van der Waals surface area contributed by atoms with Gasteiger partial charge < -0.3 is 21.3 Å². The van der Waals surface area contributed by atoms with Gasteiger partial charge in [-0.1, -0.05) is 13.8 Å². The summed E-state index contributed by atoms with van der Waals surface area (Å²) in [6.45, 7) is 3.79. The summed E-state index contributed by atoms with van der Waals surface area (Å²) in [7, 11) is 0. The normalized spacial score (nSPS) is 14.0. The van der Waals surface area contributed by atoms with E-state index in [9.17, 15) is 14.4 Å². The minimum atomic E-state index is -1.26. The summed E-state index contributed by atoms with van der Waals surface area (Å²) < 4.78 is 0. The third-order valence-electron chi connectivity index (χ3n) is 2.32. The van der Waals surface area contributed by atoms with Gasteiger partial charge in [-0.15, -0.1) is 0 Å². The van der Waals surface area contributed by atoms with Gasteiger partial charge in [0, 0.05) is 6.42 Å². The summed E-state index contributed by atoms with van der Waals surface area (Å²) in [5.41, 5.74) is 5.60. The van der Waals surface area contributed by atoms with Gasteiger partial charge in [-0.2, -0.15) is 0 Å². The molecule has 0 aliphatic carbocycles. The lowest BCUT2D eigenvalue weighted by molar-refractivity contribution is -0.143. The van der Waals surface area contributed by atoms with Gasteiger partial charge in [0.15, 0.2) is 0 Å². The largest absolute Gasteiger partial charge is 0.481 e. The number of rotatable bonds is 8. The Hall–Kier alpha value is -1.63. The van der Waals surface area contributed by atoms with Crippen LogP contribution in [0.25, 0.3) is 0 Å². The van der Waals surface area contributed by atoms with Crippen molar-refractivity contribution in [1.82, 2.24) is 5.32 Å². The predicted molar refractivity (Wildman–Crippen MR) is 63.9 cm³/mol. The summed E-state index contributed by atoms with van der Waals surface area (Å²) in [5, 5.41) is 19.6. The molecule has 0 aromatic carbocycles. The number of nitrogens with two attached hydrogens (primary N) is 1. The van der Waals surface area contributed by atoms with Gasteiger partial charge in [-0.3, -0.25) is 9.59 Å². The number of carbonyl (C=O) groups excluding carboxylic acids is 1. The second kappa shape index (κ2) is 7.65. The number of carbonyl (C=O) groups is 3. The van der Waals surface area contributed by atoms with Gasteiger partial charge in [-0.05, 0) is 18.8 Å². The van der Waals surface area contributed by atoms with Crippen LogP contribution < -0.4 is 11.1 Å². The molecule has 7 heteroatoms. The summed E-state index contributed by atoms with van der Waals surface area (Å²) in [4.78, 5) is 32.8. The molecule has 104 valence electrons. The number of hydrogen-bond acceptors (Lipinski definition) is 4. The van der Waals surface area contributed by atoms with E-state index >= 15 is 0 Å². The fourth-order valence-electron chi connectivity index (χ4n) is 1.42. The second-order valence-corrected chi connectivity index (χ2v) is 4.57. The topological polar surface area (TPSA) is 130 Å². The Morgan fingerprint density at radius 2 is 1.78 bits per heavy atom. The fourth-order valence-corrected chi connectivity index (χ4v) is 1.42. The van der Waals surface area contributed by atoms with Crippen LogP contribution in [-0.2, 0) is 14.4 Å². The number of amides is 1. The smallest absolute Gasteiger partial charge is 0.326 e. The molecule has 0 bridgehead atoms. The maximum absolute atomic E-state index is 11.6. The van der Waals surface area contributed by atoms with E-state index in [0.29, 0.717) is 6.42 Å². The highest BCUT2D eigenvalue weighted by Gasteiger charge is 2.24. The Morgan fingerprint density at radius 1 is 1.22 bits per heavy atom. The second-order valence-electron chi connectivity index (χ2n) is 4.57. The standard InChI is InChI=1S/C11H20N2O5/c1-6(2)5-7(12)10(16)13-8(11(17)18)3-4-9(14)15/h6-8H,3-5,12H2,1-2H3,(H,13,16)(H,14,15)(H,17,18)/t7-,8?/m0/s1. The molecule has 0 aromatic heterocycles. The average Bonchev–Trinajstić information content (AvgIpc) is 2.21. The zero-order chi connectivity index (χ0) is 14.3. The molecule has 7 nitrogen and oxygen atoms in total. The number of carboxylic acids is 2. The highest BCUT2D eigenvalue weighted by molar-refractivity contribution is 5.87. The number of aliphatic carboxylic acids is 2. The molecule has 1 amide bonds. The van der Waals surface area contributed by atoms with E-state index in [-0.39, 0.29) is 18.8 Å². The maximum atomic E-state index is 11.6. The van der Waals surface area contributed by atoms with Crippen LogP contribution >= 0.6 is 0 Å². The molecular formula is C11H20N2O5. The van der Waals surface area contributed by atoms with Gasteiger partial charge in [0.05, 0.1) is 6.04 Å². The Morgan fingerprint density at radius 3 is 2.17 bits per heavy atom. The molecule has 0 aromatic rings. The first-order valence-electron chi connectivity index (χ1n) is 5.74. The Kier molecular flexibility index (Phi) is 6.96. The van der Waals surface area contributed by atoms with Crippen molar-refractivity contribution in [3.8, 4) is 0 Å². The van der Waals surface area contributed by atoms with Crippen LogP contribution in [0.1, 0.15) is 33.1 Å². The Bertz CT molecular complexity index is 317. The number of hydrogen-bond donors (Lipinski definition) is 4. The SMILES string of the molecule is CC(C)C[C@H](N)C(=O)NC(CCC(=O)O)C(=O)O. The molecule has 0 spiro atoms. The zero-order valence-electron chi connectivity index (χ0n) is 10.5. The molecule has 1 unspecified atom stereocenters. The van der Waals surface area contributed by atoms with Crippen molar-refractivity contribution >= 4 is 17.8 Å². The van der Waals surface area contributed by atoms with Gasteiger partial charge in [-0.25, -0.2) is 4.79 Å². The van der Waals surface area contributed by atoms with Crippen molar-refractivity contribution in [2.75, 3.05) is 0 Å². The van der Waals surface area contributed by atoms with Crippen molar-refractivity contribution in [3.63, 3.8) is 0 Å². The molecule has 5 N–H and O–H groups in total. The van der Waals surface area contributed by atoms with Crippen LogP contribution in [0.15, 0.2) is 0 Å². The van der Waals surface area contributed by atoms with Crippen LogP contribution in [0.4, 0.5) is 0 Å². The summed E-state index contributed by atoms with van der Waals surface area (Å²) in [6.07, 6.45) is -0.0431. The highest BCUT2D eigenvalue weighted by atomic mass is 16.4. The molecule has 0 saturated heterocycles. The molecule has 18 heavy (non-hydrogen) atoms. The first-order valence-corrected chi connectivity index (χ1v) is 5.74. The molecule has 0 aliphatic rings. The lowest BCUT2D eigenvalue weighted by atomic mass is 10.0. The molecule has 0 radical (unpaired) electrons. The molecule has 0 saturated carbocycles. The average molecular weight is 260 g/mol. The Balaban J connectivity index is 4.35. The lowest BCUT2D eigenvalue weighted by Crippen LogP contribution is -2.48. The van der Waals surface area contributed by atoms with Crippen LogP contribution in [-0.4, -0.2) is 40.1 Å². The van der Waals surface area contributed by atoms with Crippen molar-refractivity contribution < 1.29 is 24.6 Å². The summed E-state index contributed by atoms with van der Waals surface area (Å²) in [5.74, 6) is -2.72. The van der Waals surface area contributed by atoms with Crippen LogP contribution in [0, 0.1) is 5.92 Å². The Labute approximate surface area is 105 Å². The molecule has 2 atom stereocenters. The van der Waals surface area contributed by atoms with E-state index in [1.54, 1.807) is 0 Å². The van der Waals surface area contributed by atoms with Crippen molar-refractivity contribution in [2.24, 2.45) is 11.7 Å². The fraction of sp³-hybridized carbons (Fsp3) is 0.727. The van der Waals surface area contributed by atoms with E-state index in [2.05, 4.69) is 5.32 Å². The minimum absolute atomic E-state index is 0.162. The number of carboxylic acid groups (broad SMARTS) is 2. The first-order chi connectivity index (χ1) is 8.23. The summed E-state index contributed by atoms with van der Waals surface area (Å²) >= 11 is 0. The lowest BCUT2D eigenvalue weighted by Gasteiger charge is -2.18. The molecular weight excluding hydrogens is 240 g/mol. The van der Waals surface area contributed by atoms with Crippen LogP contribution in [0.5, 0.6) is 0 Å². The monoisotopic (exact) mass is 260 g/mol. The minimum Gasteiger partial charge on any atom is -0.481 e. The molecule has 0 rings (SSSR count). The molecule has 0 aliphatic heterocycles. The predicted octanol–water partition coefficient (Wildman–Crippen LogP) is -0.206. The molecule has 0 heterocycles. The van der Waals surface area contributed by atoms with Crippen LogP contribution in [0.2, 0.25) is 0 Å². The third kappa shape index (κ3) is 6.85. The van der Waals surface area contributed by atoms with E-state index in [0.717, 1.165) is 0 Å². The van der Waals surface area contributed by atoms with E-state index in [1.165, 1.54) is 0 Å². The summed E-state index contributed by atoms with van der Waals surface area (Å²) in [6, 6.07) is -2.00. The van der Waals surface area contributed by atoms with Crippen LogP contribution in [0.3, 0.4) is 0 Å². The van der Waals surface area contributed by atoms with Crippen molar-refractivity contribution in [3.05, 3.63) is 0 Å². The van der Waals surface area contributed by atoms with E-state index < -0.39 is 29.9 Å². The van der Waals surface area contributed by atoms with Crippen molar-refractivity contribution in [1.29, 1.82) is 0 Å². The first kappa shape index (κ1) is 16.4.